The quantitative estimate of drug-likeness (QED) is 0.588. The van der Waals surface area contributed by atoms with Crippen molar-refractivity contribution in [1.82, 2.24) is 0 Å². The zero-order chi connectivity index (χ0) is 16.4. The second-order valence-corrected chi connectivity index (χ2v) is 6.50. The summed E-state index contributed by atoms with van der Waals surface area (Å²) in [5, 5.41) is 10.5. The van der Waals surface area contributed by atoms with Gasteiger partial charge in [0.2, 0.25) is 0 Å². The maximum absolute atomic E-state index is 11.7. The van der Waals surface area contributed by atoms with Gasteiger partial charge in [-0.25, -0.2) is 4.79 Å². The Balaban J connectivity index is 2.09. The van der Waals surface area contributed by atoms with Crippen molar-refractivity contribution in [2.75, 3.05) is 0 Å². The average molecular weight is 347 g/mol. The Morgan fingerprint density at radius 3 is 2.30 bits per heavy atom. The van der Waals surface area contributed by atoms with E-state index in [-0.39, 0.29) is 5.57 Å². The molecule has 0 amide bonds. The minimum absolute atomic E-state index is 0.202. The van der Waals surface area contributed by atoms with Crippen molar-refractivity contribution in [1.29, 1.82) is 0 Å². The summed E-state index contributed by atoms with van der Waals surface area (Å²) in [6.45, 7) is 0. The molecule has 0 spiro atoms. The minimum atomic E-state index is -0.989. The number of aryl methyl sites for hydroxylation is 2. The first-order chi connectivity index (χ1) is 11.1. The van der Waals surface area contributed by atoms with Gasteiger partial charge in [-0.1, -0.05) is 47.5 Å². The van der Waals surface area contributed by atoms with Gasteiger partial charge in [-0.3, -0.25) is 0 Å². The molecule has 3 rings (SSSR count). The molecule has 0 radical (unpaired) electrons. The van der Waals surface area contributed by atoms with Crippen LogP contribution in [0.1, 0.15) is 35.1 Å². The predicted molar refractivity (Wildman–Crippen MR) is 95.1 cm³/mol. The smallest absolute Gasteiger partial charge is 0.336 e. The van der Waals surface area contributed by atoms with E-state index in [2.05, 4.69) is 0 Å². The van der Waals surface area contributed by atoms with E-state index < -0.39 is 5.97 Å². The molecule has 0 saturated heterocycles. The maximum Gasteiger partial charge on any atom is 0.336 e. The number of rotatable bonds is 3. The first kappa shape index (κ1) is 16.1. The zero-order valence-electron chi connectivity index (χ0n) is 12.5. The van der Waals surface area contributed by atoms with Crippen LogP contribution in [0.3, 0.4) is 0 Å². The van der Waals surface area contributed by atoms with Crippen LogP contribution in [0, 0.1) is 0 Å². The molecule has 4 heteroatoms. The first-order valence-corrected chi connectivity index (χ1v) is 8.33. The largest absolute Gasteiger partial charge is 0.478 e. The standard InChI is InChI=1S/C19H16Cl2O2/c20-17-6-3-7-18(21)16(17)11-15(19(22)23)14-9-8-12-4-1-2-5-13(12)10-14/h3,6-11H,1-2,4-5H2,(H,22,23)/b15-11-. The molecule has 2 nitrogen and oxygen atoms in total. The molecule has 1 aliphatic carbocycles. The molecule has 1 N–H and O–H groups in total. The Kier molecular flexibility index (Phi) is 4.74. The van der Waals surface area contributed by atoms with Crippen molar-refractivity contribution < 1.29 is 9.90 Å². The molecule has 118 valence electrons. The van der Waals surface area contributed by atoms with E-state index in [9.17, 15) is 9.90 Å². The number of benzene rings is 2. The molecule has 0 saturated carbocycles. The number of carboxylic acid groups (broad SMARTS) is 1. The molecule has 0 aliphatic heterocycles. The lowest BCUT2D eigenvalue weighted by atomic mass is 9.89. The molecule has 2 aromatic carbocycles. The molecular formula is C19H16Cl2O2. The van der Waals surface area contributed by atoms with E-state index in [0.717, 1.165) is 19.3 Å². The van der Waals surface area contributed by atoms with Gasteiger partial charge in [-0.15, -0.1) is 0 Å². The van der Waals surface area contributed by atoms with Gasteiger partial charge in [0.25, 0.3) is 0 Å². The van der Waals surface area contributed by atoms with Crippen LogP contribution in [0.4, 0.5) is 0 Å². The van der Waals surface area contributed by atoms with Gasteiger partial charge in [-0.2, -0.15) is 0 Å². The van der Waals surface area contributed by atoms with Crippen LogP contribution in [0.2, 0.25) is 10.0 Å². The van der Waals surface area contributed by atoms with E-state index in [1.165, 1.54) is 17.5 Å². The van der Waals surface area contributed by atoms with Gasteiger partial charge >= 0.3 is 5.97 Å². The van der Waals surface area contributed by atoms with Gasteiger partial charge in [0.1, 0.15) is 0 Å². The third kappa shape index (κ3) is 3.44. The molecule has 1 aliphatic rings. The second kappa shape index (κ2) is 6.77. The van der Waals surface area contributed by atoms with Crippen LogP contribution in [0.15, 0.2) is 36.4 Å². The normalized spacial score (nSPS) is 14.4. The topological polar surface area (TPSA) is 37.3 Å². The monoisotopic (exact) mass is 346 g/mol. The summed E-state index contributed by atoms with van der Waals surface area (Å²) in [6, 6.07) is 11.0. The highest BCUT2D eigenvalue weighted by Crippen LogP contribution is 2.31. The zero-order valence-corrected chi connectivity index (χ0v) is 14.0. The molecule has 0 atom stereocenters. The molecule has 23 heavy (non-hydrogen) atoms. The summed E-state index contributed by atoms with van der Waals surface area (Å²) in [5.74, 6) is -0.989. The first-order valence-electron chi connectivity index (χ1n) is 7.57. The van der Waals surface area contributed by atoms with Crippen LogP contribution in [0.25, 0.3) is 11.6 Å². The third-order valence-corrected chi connectivity index (χ3v) is 4.84. The number of halogens is 2. The summed E-state index contributed by atoms with van der Waals surface area (Å²) in [7, 11) is 0. The number of aliphatic carboxylic acids is 1. The van der Waals surface area contributed by atoms with Crippen LogP contribution in [-0.2, 0) is 17.6 Å². The van der Waals surface area contributed by atoms with Gasteiger partial charge in [0, 0.05) is 15.6 Å². The number of hydrogen-bond acceptors (Lipinski definition) is 1. The number of fused-ring (bicyclic) bond motifs is 1. The molecule has 0 fully saturated rings. The predicted octanol–water partition coefficient (Wildman–Crippen LogP) is 5.50. The van der Waals surface area contributed by atoms with Crippen molar-refractivity contribution in [3.8, 4) is 0 Å². The highest BCUT2D eigenvalue weighted by atomic mass is 35.5. The number of hydrogen-bond donors (Lipinski definition) is 1. The highest BCUT2D eigenvalue weighted by Gasteiger charge is 2.16. The molecule has 0 aromatic heterocycles. The summed E-state index contributed by atoms with van der Waals surface area (Å²) >= 11 is 12.3. The fourth-order valence-electron chi connectivity index (χ4n) is 2.96. The maximum atomic E-state index is 11.7. The van der Waals surface area contributed by atoms with E-state index in [1.807, 2.05) is 18.2 Å². The Morgan fingerprint density at radius 1 is 1.00 bits per heavy atom. The van der Waals surface area contributed by atoms with Crippen LogP contribution in [0.5, 0.6) is 0 Å². The minimum Gasteiger partial charge on any atom is -0.478 e. The van der Waals surface area contributed by atoms with Crippen molar-refractivity contribution in [3.05, 3.63) is 68.7 Å². The van der Waals surface area contributed by atoms with Gasteiger partial charge in [0.05, 0.1) is 5.57 Å². The Morgan fingerprint density at radius 2 is 1.65 bits per heavy atom. The van der Waals surface area contributed by atoms with Crippen molar-refractivity contribution in [2.45, 2.75) is 25.7 Å². The Hall–Kier alpha value is -1.77. The fourth-order valence-corrected chi connectivity index (χ4v) is 3.47. The van der Waals surface area contributed by atoms with Crippen molar-refractivity contribution in [2.24, 2.45) is 0 Å². The second-order valence-electron chi connectivity index (χ2n) is 5.69. The SMILES string of the molecule is O=C(O)/C(=C\c1c(Cl)cccc1Cl)c1ccc2c(c1)CCCC2. The molecule has 0 heterocycles. The van der Waals surface area contributed by atoms with Crippen molar-refractivity contribution >= 4 is 40.8 Å². The fraction of sp³-hybridized carbons (Fsp3) is 0.211. The van der Waals surface area contributed by atoms with Gasteiger partial charge < -0.3 is 5.11 Å². The van der Waals surface area contributed by atoms with Gasteiger partial charge in [-0.05, 0) is 60.6 Å². The summed E-state index contributed by atoms with van der Waals surface area (Å²) in [5.41, 5.74) is 3.99. The van der Waals surface area contributed by atoms with E-state index >= 15 is 0 Å². The Labute approximate surface area is 145 Å². The molecule has 0 unspecified atom stereocenters. The number of carboxylic acids is 1. The highest BCUT2D eigenvalue weighted by molar-refractivity contribution is 6.38. The average Bonchev–Trinajstić information content (AvgIpc) is 2.54. The Bertz CT molecular complexity index is 774. The third-order valence-electron chi connectivity index (χ3n) is 4.18. The summed E-state index contributed by atoms with van der Waals surface area (Å²) < 4.78 is 0. The lowest BCUT2D eigenvalue weighted by Crippen LogP contribution is -2.05. The van der Waals surface area contributed by atoms with Crippen LogP contribution < -0.4 is 0 Å². The molecular weight excluding hydrogens is 331 g/mol. The van der Waals surface area contributed by atoms with E-state index in [4.69, 9.17) is 23.2 Å². The number of carbonyl (C=O) groups is 1. The van der Waals surface area contributed by atoms with Crippen LogP contribution >= 0.6 is 23.2 Å². The summed E-state index contributed by atoms with van der Waals surface area (Å²) in [4.78, 5) is 11.7. The lowest BCUT2D eigenvalue weighted by Gasteiger charge is -2.17. The lowest BCUT2D eigenvalue weighted by molar-refractivity contribution is -0.130. The molecule has 0 bridgehead atoms. The summed E-state index contributed by atoms with van der Waals surface area (Å²) in [6.07, 6.45) is 5.97. The van der Waals surface area contributed by atoms with E-state index in [1.54, 1.807) is 24.3 Å². The molecule has 2 aromatic rings. The van der Waals surface area contributed by atoms with Gasteiger partial charge in [0.15, 0.2) is 0 Å². The van der Waals surface area contributed by atoms with E-state index in [0.29, 0.717) is 21.2 Å². The van der Waals surface area contributed by atoms with Crippen LogP contribution in [-0.4, -0.2) is 11.1 Å². The van der Waals surface area contributed by atoms with Crippen molar-refractivity contribution in [3.63, 3.8) is 0 Å².